The van der Waals surface area contributed by atoms with E-state index in [0.717, 1.165) is 17.3 Å². The summed E-state index contributed by atoms with van der Waals surface area (Å²) in [7, 11) is 0. The van der Waals surface area contributed by atoms with Gasteiger partial charge in [-0.3, -0.25) is 0 Å². The number of hydrogen-bond acceptors (Lipinski definition) is 3. The highest BCUT2D eigenvalue weighted by Crippen LogP contribution is 2.44. The Morgan fingerprint density at radius 3 is 2.59 bits per heavy atom. The number of ether oxygens (including phenoxy) is 1. The van der Waals surface area contributed by atoms with Gasteiger partial charge in [-0.2, -0.15) is 0 Å². The molecule has 1 aliphatic rings. The van der Waals surface area contributed by atoms with Gasteiger partial charge >= 0.3 is 0 Å². The lowest BCUT2D eigenvalue weighted by atomic mass is 10.2. The molecule has 3 rings (SSSR count). The van der Waals surface area contributed by atoms with Crippen molar-refractivity contribution in [3.8, 4) is 11.6 Å². The second-order valence-corrected chi connectivity index (χ2v) is 4.34. The maximum absolute atomic E-state index is 5.80. The summed E-state index contributed by atoms with van der Waals surface area (Å²) in [6.07, 6.45) is 4.24. The standard InChI is InChI=1S/C14H14N2O/c15-11-5-7-12(8-6-11)17-14-13(10-3-4-10)2-1-9-16-14/h1-2,5-10H,3-4,15H2. The van der Waals surface area contributed by atoms with Crippen LogP contribution in [0.2, 0.25) is 0 Å². The molecule has 17 heavy (non-hydrogen) atoms. The van der Waals surface area contributed by atoms with Crippen molar-refractivity contribution in [3.63, 3.8) is 0 Å². The van der Waals surface area contributed by atoms with Gasteiger partial charge in [-0.15, -0.1) is 0 Å². The molecule has 0 aliphatic heterocycles. The number of nitrogen functional groups attached to an aromatic ring is 1. The third-order valence-electron chi connectivity index (χ3n) is 2.91. The molecule has 2 N–H and O–H groups in total. The molecule has 0 unspecified atom stereocenters. The molecule has 0 bridgehead atoms. The molecule has 3 nitrogen and oxygen atoms in total. The Bertz CT molecular complexity index is 518. The topological polar surface area (TPSA) is 48.1 Å². The SMILES string of the molecule is Nc1ccc(Oc2ncccc2C2CC2)cc1. The van der Waals surface area contributed by atoms with E-state index in [-0.39, 0.29) is 0 Å². The molecule has 0 amide bonds. The van der Waals surface area contributed by atoms with Gasteiger partial charge in [-0.25, -0.2) is 4.98 Å². The summed E-state index contributed by atoms with van der Waals surface area (Å²) in [5, 5.41) is 0. The van der Waals surface area contributed by atoms with Crippen LogP contribution >= 0.6 is 0 Å². The number of anilines is 1. The second kappa shape index (κ2) is 4.09. The molecule has 1 aliphatic carbocycles. The van der Waals surface area contributed by atoms with Gasteiger partial charge in [0.15, 0.2) is 0 Å². The molecule has 0 atom stereocenters. The first kappa shape index (κ1) is 10.1. The summed E-state index contributed by atoms with van der Waals surface area (Å²) in [5.74, 6) is 2.13. The number of hydrogen-bond donors (Lipinski definition) is 1. The molecule has 2 aromatic rings. The van der Waals surface area contributed by atoms with Crippen molar-refractivity contribution in [3.05, 3.63) is 48.2 Å². The highest BCUT2D eigenvalue weighted by molar-refractivity contribution is 5.43. The minimum Gasteiger partial charge on any atom is -0.439 e. The first-order valence-electron chi connectivity index (χ1n) is 5.81. The summed E-state index contributed by atoms with van der Waals surface area (Å²) >= 11 is 0. The Balaban J connectivity index is 1.87. The van der Waals surface area contributed by atoms with Gasteiger partial charge in [-0.05, 0) is 49.1 Å². The number of nitrogens with zero attached hydrogens (tertiary/aromatic N) is 1. The van der Waals surface area contributed by atoms with Crippen LogP contribution in [0.15, 0.2) is 42.6 Å². The third kappa shape index (κ3) is 2.23. The fourth-order valence-electron chi connectivity index (χ4n) is 1.84. The smallest absolute Gasteiger partial charge is 0.222 e. The van der Waals surface area contributed by atoms with E-state index >= 15 is 0 Å². The van der Waals surface area contributed by atoms with Gasteiger partial charge in [0.2, 0.25) is 5.88 Å². The van der Waals surface area contributed by atoms with Crippen molar-refractivity contribution in [2.75, 3.05) is 5.73 Å². The summed E-state index contributed by atoms with van der Waals surface area (Å²) in [4.78, 5) is 4.30. The van der Waals surface area contributed by atoms with E-state index in [1.54, 1.807) is 6.20 Å². The van der Waals surface area contributed by atoms with Crippen molar-refractivity contribution in [2.45, 2.75) is 18.8 Å². The minimum atomic E-state index is 0.632. The molecule has 1 heterocycles. The van der Waals surface area contributed by atoms with Gasteiger partial charge in [0.25, 0.3) is 0 Å². The van der Waals surface area contributed by atoms with E-state index in [0.29, 0.717) is 5.92 Å². The van der Waals surface area contributed by atoms with Crippen LogP contribution < -0.4 is 10.5 Å². The van der Waals surface area contributed by atoms with Gasteiger partial charge in [-0.1, -0.05) is 6.07 Å². The predicted octanol–water partition coefficient (Wildman–Crippen LogP) is 3.33. The van der Waals surface area contributed by atoms with Crippen LogP contribution in [0.5, 0.6) is 11.6 Å². The summed E-state index contributed by atoms with van der Waals surface area (Å²) < 4.78 is 5.80. The zero-order valence-electron chi connectivity index (χ0n) is 9.47. The van der Waals surface area contributed by atoms with Gasteiger partial charge in [0.1, 0.15) is 5.75 Å². The number of aromatic nitrogens is 1. The van der Waals surface area contributed by atoms with E-state index in [2.05, 4.69) is 11.1 Å². The van der Waals surface area contributed by atoms with Crippen LogP contribution in [0.25, 0.3) is 0 Å². The van der Waals surface area contributed by atoms with Crippen LogP contribution in [-0.2, 0) is 0 Å². The zero-order valence-corrected chi connectivity index (χ0v) is 9.47. The molecule has 86 valence electrons. The number of nitrogens with two attached hydrogens (primary N) is 1. The van der Waals surface area contributed by atoms with Crippen LogP contribution in [0.1, 0.15) is 24.3 Å². The average Bonchev–Trinajstić information content (AvgIpc) is 3.17. The lowest BCUT2D eigenvalue weighted by molar-refractivity contribution is 0.456. The first-order valence-corrected chi connectivity index (χ1v) is 5.81. The zero-order chi connectivity index (χ0) is 11.7. The quantitative estimate of drug-likeness (QED) is 0.816. The van der Waals surface area contributed by atoms with Crippen molar-refractivity contribution in [2.24, 2.45) is 0 Å². The van der Waals surface area contributed by atoms with Crippen LogP contribution in [0.4, 0.5) is 5.69 Å². The largest absolute Gasteiger partial charge is 0.439 e. The minimum absolute atomic E-state index is 0.632. The molecular formula is C14H14N2O. The van der Waals surface area contributed by atoms with Crippen molar-refractivity contribution >= 4 is 5.69 Å². The summed E-state index contributed by atoms with van der Waals surface area (Å²) in [5.41, 5.74) is 7.59. The summed E-state index contributed by atoms with van der Waals surface area (Å²) in [6.45, 7) is 0. The van der Waals surface area contributed by atoms with E-state index < -0.39 is 0 Å². The summed E-state index contributed by atoms with van der Waals surface area (Å²) in [6, 6.07) is 11.4. The molecule has 0 spiro atoms. The Hall–Kier alpha value is -2.03. The number of pyridine rings is 1. The van der Waals surface area contributed by atoms with Gasteiger partial charge in [0, 0.05) is 17.4 Å². The van der Waals surface area contributed by atoms with Crippen LogP contribution in [0, 0.1) is 0 Å². The normalized spacial score (nSPS) is 14.6. The van der Waals surface area contributed by atoms with E-state index in [4.69, 9.17) is 10.5 Å². The Morgan fingerprint density at radius 1 is 1.12 bits per heavy atom. The molecule has 1 aromatic carbocycles. The number of benzene rings is 1. The fourth-order valence-corrected chi connectivity index (χ4v) is 1.84. The van der Waals surface area contributed by atoms with E-state index in [9.17, 15) is 0 Å². The van der Waals surface area contributed by atoms with E-state index in [1.165, 1.54) is 18.4 Å². The lowest BCUT2D eigenvalue weighted by Crippen LogP contribution is -1.93. The van der Waals surface area contributed by atoms with Crippen LogP contribution in [0.3, 0.4) is 0 Å². The molecule has 1 aromatic heterocycles. The molecule has 0 saturated heterocycles. The monoisotopic (exact) mass is 226 g/mol. The Kier molecular flexibility index (Phi) is 2.44. The second-order valence-electron chi connectivity index (χ2n) is 4.34. The van der Waals surface area contributed by atoms with Crippen molar-refractivity contribution < 1.29 is 4.74 Å². The fraction of sp³-hybridized carbons (Fsp3) is 0.214. The van der Waals surface area contributed by atoms with Crippen molar-refractivity contribution in [1.29, 1.82) is 0 Å². The highest BCUT2D eigenvalue weighted by atomic mass is 16.5. The lowest BCUT2D eigenvalue weighted by Gasteiger charge is -2.09. The molecule has 1 fully saturated rings. The Morgan fingerprint density at radius 2 is 1.88 bits per heavy atom. The molecule has 0 radical (unpaired) electrons. The van der Waals surface area contributed by atoms with Crippen LogP contribution in [-0.4, -0.2) is 4.98 Å². The average molecular weight is 226 g/mol. The highest BCUT2D eigenvalue weighted by Gasteiger charge is 2.27. The van der Waals surface area contributed by atoms with Gasteiger partial charge in [0.05, 0.1) is 0 Å². The number of rotatable bonds is 3. The maximum atomic E-state index is 5.80. The molecule has 1 saturated carbocycles. The first-order chi connectivity index (χ1) is 8.33. The molecular weight excluding hydrogens is 212 g/mol. The van der Waals surface area contributed by atoms with E-state index in [1.807, 2.05) is 30.3 Å². The predicted molar refractivity (Wildman–Crippen MR) is 67.1 cm³/mol. The molecule has 3 heteroatoms. The Labute approximate surface area is 100 Å². The van der Waals surface area contributed by atoms with Crippen molar-refractivity contribution in [1.82, 2.24) is 4.98 Å². The van der Waals surface area contributed by atoms with Gasteiger partial charge < -0.3 is 10.5 Å². The maximum Gasteiger partial charge on any atom is 0.222 e. The third-order valence-corrected chi connectivity index (χ3v) is 2.91.